The summed E-state index contributed by atoms with van der Waals surface area (Å²) in [5, 5.41) is 3.22. The zero-order valence-electron chi connectivity index (χ0n) is 11.7. The van der Waals surface area contributed by atoms with Gasteiger partial charge in [-0.05, 0) is 37.1 Å². The fourth-order valence-corrected chi connectivity index (χ4v) is 2.63. The lowest BCUT2D eigenvalue weighted by molar-refractivity contribution is -0.137. The summed E-state index contributed by atoms with van der Waals surface area (Å²) in [5.41, 5.74) is -0.426. The minimum Gasteiger partial charge on any atom is -0.310 e. The molecule has 1 aromatic carbocycles. The third kappa shape index (κ3) is 6.67. The fraction of sp³-hybridized carbons (Fsp3) is 0.538. The normalized spacial score (nSPS) is 14.2. The minimum absolute atomic E-state index is 0.0253. The van der Waals surface area contributed by atoms with Gasteiger partial charge in [0.25, 0.3) is 0 Å². The van der Waals surface area contributed by atoms with Crippen molar-refractivity contribution in [3.05, 3.63) is 34.3 Å². The molecule has 0 aromatic heterocycles. The molecule has 1 atom stereocenters. The molecule has 0 saturated heterocycles. The summed E-state index contributed by atoms with van der Waals surface area (Å²) in [6.45, 7) is 1.92. The number of hydrogen-bond donors (Lipinski definition) is 1. The van der Waals surface area contributed by atoms with Gasteiger partial charge in [-0.2, -0.15) is 13.2 Å². The highest BCUT2D eigenvalue weighted by molar-refractivity contribution is 7.90. The second-order valence-corrected chi connectivity index (χ2v) is 7.67. The molecule has 0 bridgehead atoms. The van der Waals surface area contributed by atoms with E-state index in [1.165, 1.54) is 6.07 Å². The number of alkyl halides is 3. The molecule has 1 aromatic rings. The zero-order chi connectivity index (χ0) is 16.3. The molecule has 0 aliphatic carbocycles. The first-order valence-corrected chi connectivity index (χ1v) is 8.69. The number of benzene rings is 1. The Labute approximate surface area is 127 Å². The summed E-state index contributed by atoms with van der Waals surface area (Å²) in [5.74, 6) is 0.0253. The summed E-state index contributed by atoms with van der Waals surface area (Å²) < 4.78 is 60.0. The van der Waals surface area contributed by atoms with Crippen molar-refractivity contribution in [1.29, 1.82) is 0 Å². The van der Waals surface area contributed by atoms with Crippen LogP contribution in [0, 0.1) is 0 Å². The average Bonchev–Trinajstić information content (AvgIpc) is 2.33. The van der Waals surface area contributed by atoms with E-state index in [1.54, 1.807) is 6.92 Å². The topological polar surface area (TPSA) is 46.2 Å². The summed E-state index contributed by atoms with van der Waals surface area (Å²) in [4.78, 5) is 0. The molecule has 0 amide bonds. The Kier molecular flexibility index (Phi) is 6.07. The summed E-state index contributed by atoms with van der Waals surface area (Å²) in [7, 11) is -3.05. The summed E-state index contributed by atoms with van der Waals surface area (Å²) >= 11 is 5.88. The maximum absolute atomic E-state index is 12.6. The molecule has 0 unspecified atom stereocenters. The van der Waals surface area contributed by atoms with Crippen molar-refractivity contribution in [2.45, 2.75) is 32.1 Å². The number of hydrogen-bond acceptors (Lipinski definition) is 3. The maximum atomic E-state index is 12.6. The Morgan fingerprint density at radius 1 is 1.33 bits per heavy atom. The van der Waals surface area contributed by atoms with Gasteiger partial charge in [0.05, 0.1) is 11.3 Å². The number of sulfone groups is 1. The molecule has 0 aliphatic rings. The van der Waals surface area contributed by atoms with E-state index in [2.05, 4.69) is 5.32 Å². The van der Waals surface area contributed by atoms with E-state index in [-0.39, 0.29) is 23.4 Å². The largest absolute Gasteiger partial charge is 0.416 e. The van der Waals surface area contributed by atoms with Gasteiger partial charge in [-0.15, -0.1) is 0 Å². The SMILES string of the molecule is C[C@H](CCS(C)(=O)=O)NCc1cc(C(F)(F)F)ccc1Cl. The lowest BCUT2D eigenvalue weighted by Gasteiger charge is -2.15. The number of nitrogens with one attached hydrogen (secondary N) is 1. The van der Waals surface area contributed by atoms with Gasteiger partial charge in [-0.25, -0.2) is 8.42 Å². The van der Waals surface area contributed by atoms with Crippen LogP contribution in [0.15, 0.2) is 18.2 Å². The minimum atomic E-state index is -4.42. The van der Waals surface area contributed by atoms with Crippen LogP contribution in [0.5, 0.6) is 0 Å². The second-order valence-electron chi connectivity index (χ2n) is 5.00. The van der Waals surface area contributed by atoms with Crippen molar-refractivity contribution in [3.8, 4) is 0 Å². The lowest BCUT2D eigenvalue weighted by atomic mass is 10.1. The standard InChI is InChI=1S/C13H17ClF3NO2S/c1-9(5-6-21(2,19)20)18-8-10-7-11(13(15,16)17)3-4-12(10)14/h3-4,7,9,18H,5-6,8H2,1-2H3/t9-/m1/s1. The Morgan fingerprint density at radius 3 is 2.48 bits per heavy atom. The predicted octanol–water partition coefficient (Wildman–Crippen LogP) is 3.27. The molecular formula is C13H17ClF3NO2S. The molecule has 3 nitrogen and oxygen atoms in total. The monoisotopic (exact) mass is 343 g/mol. The Bertz CT molecular complexity index is 588. The van der Waals surface area contributed by atoms with Gasteiger partial charge in [0.2, 0.25) is 0 Å². The van der Waals surface area contributed by atoms with E-state index >= 15 is 0 Å². The van der Waals surface area contributed by atoms with Crippen molar-refractivity contribution in [2.75, 3.05) is 12.0 Å². The second kappa shape index (κ2) is 6.98. The van der Waals surface area contributed by atoms with Crippen LogP contribution >= 0.6 is 11.6 Å². The Balaban J connectivity index is 2.67. The van der Waals surface area contributed by atoms with Gasteiger partial charge in [-0.1, -0.05) is 11.6 Å². The Hall–Kier alpha value is -0.790. The van der Waals surface area contributed by atoms with Crippen LogP contribution in [0.3, 0.4) is 0 Å². The summed E-state index contributed by atoms with van der Waals surface area (Å²) in [6.07, 6.45) is -2.89. The molecule has 21 heavy (non-hydrogen) atoms. The van der Waals surface area contributed by atoms with Crippen LogP contribution < -0.4 is 5.32 Å². The van der Waals surface area contributed by atoms with E-state index in [1.807, 2.05) is 0 Å². The van der Waals surface area contributed by atoms with E-state index < -0.39 is 21.6 Å². The van der Waals surface area contributed by atoms with Gasteiger partial charge in [0.15, 0.2) is 0 Å². The molecule has 120 valence electrons. The van der Waals surface area contributed by atoms with E-state index in [0.717, 1.165) is 18.4 Å². The highest BCUT2D eigenvalue weighted by atomic mass is 35.5. The average molecular weight is 344 g/mol. The molecule has 1 N–H and O–H groups in total. The molecule has 8 heteroatoms. The van der Waals surface area contributed by atoms with Gasteiger partial charge in [0, 0.05) is 23.9 Å². The third-order valence-electron chi connectivity index (χ3n) is 2.94. The van der Waals surface area contributed by atoms with Gasteiger partial charge >= 0.3 is 6.18 Å². The molecule has 1 rings (SSSR count). The van der Waals surface area contributed by atoms with Gasteiger partial charge in [0.1, 0.15) is 9.84 Å². The zero-order valence-corrected chi connectivity index (χ0v) is 13.2. The highest BCUT2D eigenvalue weighted by Gasteiger charge is 2.30. The predicted molar refractivity (Wildman–Crippen MR) is 77.1 cm³/mol. The third-order valence-corrected chi connectivity index (χ3v) is 4.28. The first kappa shape index (κ1) is 18.3. The Morgan fingerprint density at radius 2 is 1.95 bits per heavy atom. The van der Waals surface area contributed by atoms with Crippen molar-refractivity contribution in [2.24, 2.45) is 0 Å². The first-order chi connectivity index (χ1) is 9.49. The smallest absolute Gasteiger partial charge is 0.310 e. The lowest BCUT2D eigenvalue weighted by Crippen LogP contribution is -2.28. The van der Waals surface area contributed by atoms with Crippen molar-refractivity contribution in [3.63, 3.8) is 0 Å². The molecule has 0 heterocycles. The first-order valence-electron chi connectivity index (χ1n) is 6.26. The van der Waals surface area contributed by atoms with E-state index in [4.69, 9.17) is 11.6 Å². The quantitative estimate of drug-likeness (QED) is 0.862. The molecule has 0 radical (unpaired) electrons. The number of rotatable bonds is 6. The van der Waals surface area contributed by atoms with E-state index in [9.17, 15) is 21.6 Å². The van der Waals surface area contributed by atoms with Crippen molar-refractivity contribution in [1.82, 2.24) is 5.32 Å². The van der Waals surface area contributed by atoms with Gasteiger partial charge < -0.3 is 5.32 Å². The molecule has 0 aliphatic heterocycles. The molecular weight excluding hydrogens is 327 g/mol. The van der Waals surface area contributed by atoms with Crippen LogP contribution in [-0.4, -0.2) is 26.5 Å². The van der Waals surface area contributed by atoms with E-state index in [0.29, 0.717) is 12.0 Å². The van der Waals surface area contributed by atoms with Crippen molar-refractivity contribution >= 4 is 21.4 Å². The van der Waals surface area contributed by atoms with Crippen LogP contribution in [0.2, 0.25) is 5.02 Å². The van der Waals surface area contributed by atoms with Crippen LogP contribution in [0.1, 0.15) is 24.5 Å². The molecule has 0 saturated carbocycles. The van der Waals surface area contributed by atoms with Crippen LogP contribution in [0.4, 0.5) is 13.2 Å². The van der Waals surface area contributed by atoms with Crippen molar-refractivity contribution < 1.29 is 21.6 Å². The molecule has 0 spiro atoms. The summed E-state index contributed by atoms with van der Waals surface area (Å²) in [6, 6.07) is 2.99. The van der Waals surface area contributed by atoms with Crippen LogP contribution in [-0.2, 0) is 22.6 Å². The van der Waals surface area contributed by atoms with Gasteiger partial charge in [-0.3, -0.25) is 0 Å². The van der Waals surface area contributed by atoms with Crippen LogP contribution in [0.25, 0.3) is 0 Å². The molecule has 0 fully saturated rings. The fourth-order valence-electron chi connectivity index (χ4n) is 1.66. The maximum Gasteiger partial charge on any atom is 0.416 e. The highest BCUT2D eigenvalue weighted by Crippen LogP contribution is 2.31. The number of halogens is 4.